The summed E-state index contributed by atoms with van der Waals surface area (Å²) in [6, 6.07) is 6.65. The maximum atomic E-state index is 6.04. The highest BCUT2D eigenvalue weighted by molar-refractivity contribution is 6.31. The topological polar surface area (TPSA) is 29.9 Å². The number of nitrogens with zero attached hydrogens (tertiary/aromatic N) is 2. The third-order valence-corrected chi connectivity index (χ3v) is 3.58. The largest absolute Gasteiger partial charge is 0.324 e. The Bertz CT molecular complexity index is 557. The van der Waals surface area contributed by atoms with Crippen LogP contribution in [0, 0.1) is 0 Å². The molecule has 4 heteroatoms. The molecule has 1 aliphatic carbocycles. The fraction of sp³-hybridized carbons (Fsp3) is 0.500. The van der Waals surface area contributed by atoms with Crippen molar-refractivity contribution >= 4 is 22.6 Å². The van der Waals surface area contributed by atoms with Crippen molar-refractivity contribution in [3.05, 3.63) is 29.0 Å². The Labute approximate surface area is 112 Å². The van der Waals surface area contributed by atoms with Gasteiger partial charge in [0.1, 0.15) is 5.82 Å². The fourth-order valence-electron chi connectivity index (χ4n) is 2.36. The lowest BCUT2D eigenvalue weighted by Gasteiger charge is -2.08. The van der Waals surface area contributed by atoms with Gasteiger partial charge in [0.05, 0.1) is 17.6 Å². The van der Waals surface area contributed by atoms with Crippen LogP contribution in [0.3, 0.4) is 0 Å². The highest BCUT2D eigenvalue weighted by Crippen LogP contribution is 2.39. The molecule has 0 unspecified atom stereocenters. The number of benzene rings is 1. The summed E-state index contributed by atoms with van der Waals surface area (Å²) in [5.41, 5.74) is 2.23. The Balaban J connectivity index is 1.98. The Morgan fingerprint density at radius 3 is 3.00 bits per heavy atom. The van der Waals surface area contributed by atoms with Gasteiger partial charge in [0.25, 0.3) is 0 Å². The van der Waals surface area contributed by atoms with Crippen LogP contribution >= 0.6 is 11.6 Å². The number of halogens is 1. The molecule has 1 heterocycles. The second kappa shape index (κ2) is 4.90. The van der Waals surface area contributed by atoms with Crippen LogP contribution in [0.25, 0.3) is 11.0 Å². The maximum Gasteiger partial charge on any atom is 0.124 e. The Morgan fingerprint density at radius 2 is 2.28 bits per heavy atom. The molecule has 0 aliphatic heterocycles. The molecular weight excluding hydrogens is 246 g/mol. The van der Waals surface area contributed by atoms with E-state index in [1.807, 2.05) is 12.1 Å². The van der Waals surface area contributed by atoms with E-state index in [0.717, 1.165) is 35.9 Å². The van der Waals surface area contributed by atoms with Gasteiger partial charge in [-0.1, -0.05) is 18.5 Å². The van der Waals surface area contributed by atoms with Gasteiger partial charge in [0.15, 0.2) is 0 Å². The quantitative estimate of drug-likeness (QED) is 0.837. The third kappa shape index (κ3) is 2.25. The van der Waals surface area contributed by atoms with E-state index in [0.29, 0.717) is 6.04 Å². The van der Waals surface area contributed by atoms with Crippen molar-refractivity contribution in [1.82, 2.24) is 14.9 Å². The number of hydrogen-bond donors (Lipinski definition) is 1. The van der Waals surface area contributed by atoms with E-state index >= 15 is 0 Å². The lowest BCUT2D eigenvalue weighted by molar-refractivity contribution is 0.609. The van der Waals surface area contributed by atoms with Crippen molar-refractivity contribution in [2.75, 3.05) is 6.54 Å². The fourth-order valence-corrected chi connectivity index (χ4v) is 2.53. The molecule has 0 spiro atoms. The van der Waals surface area contributed by atoms with Gasteiger partial charge in [-0.3, -0.25) is 0 Å². The van der Waals surface area contributed by atoms with Crippen LogP contribution in [0.2, 0.25) is 5.02 Å². The first kappa shape index (κ1) is 12.0. The van der Waals surface area contributed by atoms with E-state index in [2.05, 4.69) is 22.9 Å². The first-order chi connectivity index (χ1) is 8.79. The summed E-state index contributed by atoms with van der Waals surface area (Å²) < 4.78 is 2.38. The van der Waals surface area contributed by atoms with E-state index in [9.17, 15) is 0 Å². The molecule has 0 saturated heterocycles. The van der Waals surface area contributed by atoms with Crippen molar-refractivity contribution in [1.29, 1.82) is 0 Å². The molecule has 0 bridgehead atoms. The van der Waals surface area contributed by atoms with Crippen molar-refractivity contribution in [3.8, 4) is 0 Å². The zero-order valence-electron chi connectivity index (χ0n) is 10.6. The molecule has 1 aliphatic rings. The van der Waals surface area contributed by atoms with E-state index in [1.165, 1.54) is 18.4 Å². The normalized spacial score (nSPS) is 15.4. The lowest BCUT2D eigenvalue weighted by Crippen LogP contribution is -2.17. The highest BCUT2D eigenvalue weighted by atomic mass is 35.5. The third-order valence-electron chi connectivity index (χ3n) is 3.35. The average Bonchev–Trinajstić information content (AvgIpc) is 3.12. The summed E-state index contributed by atoms with van der Waals surface area (Å²) in [6.07, 6.45) is 3.69. The number of hydrogen-bond acceptors (Lipinski definition) is 2. The minimum Gasteiger partial charge on any atom is -0.324 e. The molecule has 1 aromatic carbocycles. The van der Waals surface area contributed by atoms with Gasteiger partial charge in [-0.25, -0.2) is 4.98 Å². The zero-order valence-corrected chi connectivity index (χ0v) is 11.4. The molecule has 1 N–H and O–H groups in total. The summed E-state index contributed by atoms with van der Waals surface area (Å²) in [5, 5.41) is 4.19. The summed E-state index contributed by atoms with van der Waals surface area (Å²) in [6.45, 7) is 4.06. The molecule has 2 aromatic rings. The van der Waals surface area contributed by atoms with E-state index in [1.54, 1.807) is 0 Å². The molecule has 3 nitrogen and oxygen atoms in total. The van der Waals surface area contributed by atoms with Crippen molar-refractivity contribution in [2.24, 2.45) is 0 Å². The summed E-state index contributed by atoms with van der Waals surface area (Å²) in [7, 11) is 0. The summed E-state index contributed by atoms with van der Waals surface area (Å²) >= 11 is 6.04. The first-order valence-electron chi connectivity index (χ1n) is 6.66. The van der Waals surface area contributed by atoms with Crippen LogP contribution in [0.15, 0.2) is 18.2 Å². The van der Waals surface area contributed by atoms with Crippen molar-refractivity contribution in [3.63, 3.8) is 0 Å². The number of aromatic nitrogens is 2. The predicted molar refractivity (Wildman–Crippen MR) is 75.0 cm³/mol. The molecule has 0 atom stereocenters. The molecule has 3 rings (SSSR count). The van der Waals surface area contributed by atoms with Crippen LogP contribution in [0.1, 0.15) is 38.1 Å². The summed E-state index contributed by atoms with van der Waals surface area (Å²) in [4.78, 5) is 4.72. The number of imidazole rings is 1. The van der Waals surface area contributed by atoms with Gasteiger partial charge in [0.2, 0.25) is 0 Å². The number of nitrogens with one attached hydrogen (secondary N) is 1. The predicted octanol–water partition coefficient (Wildman–Crippen LogP) is 3.52. The highest BCUT2D eigenvalue weighted by Gasteiger charge is 2.27. The van der Waals surface area contributed by atoms with E-state index in [4.69, 9.17) is 16.6 Å². The van der Waals surface area contributed by atoms with Crippen LogP contribution in [-0.2, 0) is 6.54 Å². The minimum absolute atomic E-state index is 0.648. The van der Waals surface area contributed by atoms with Crippen LogP contribution in [-0.4, -0.2) is 16.1 Å². The molecule has 0 radical (unpaired) electrons. The van der Waals surface area contributed by atoms with Crippen molar-refractivity contribution < 1.29 is 0 Å². The smallest absolute Gasteiger partial charge is 0.124 e. The van der Waals surface area contributed by atoms with Crippen LogP contribution in [0.4, 0.5) is 0 Å². The monoisotopic (exact) mass is 263 g/mol. The summed E-state index contributed by atoms with van der Waals surface area (Å²) in [5.74, 6) is 1.14. The van der Waals surface area contributed by atoms with Gasteiger partial charge in [-0.05, 0) is 44.0 Å². The maximum absolute atomic E-state index is 6.04. The molecule has 1 saturated carbocycles. The molecule has 96 valence electrons. The average molecular weight is 264 g/mol. The van der Waals surface area contributed by atoms with Gasteiger partial charge >= 0.3 is 0 Å². The Hall–Kier alpha value is -1.06. The molecular formula is C14H18ClN3. The lowest BCUT2D eigenvalue weighted by atomic mass is 10.3. The van der Waals surface area contributed by atoms with Crippen molar-refractivity contribution in [2.45, 2.75) is 38.8 Å². The second-order valence-corrected chi connectivity index (χ2v) is 5.38. The minimum atomic E-state index is 0.648. The standard InChI is InChI=1S/C14H18ClN3/c1-2-7-16-9-14-17-12-8-10(15)3-6-13(12)18(14)11-4-5-11/h3,6,8,11,16H,2,4-5,7,9H2,1H3. The van der Waals surface area contributed by atoms with Crippen LogP contribution in [0.5, 0.6) is 0 Å². The Kier molecular flexibility index (Phi) is 3.27. The van der Waals surface area contributed by atoms with E-state index in [-0.39, 0.29) is 0 Å². The second-order valence-electron chi connectivity index (χ2n) is 4.94. The molecule has 0 amide bonds. The molecule has 1 aromatic heterocycles. The zero-order chi connectivity index (χ0) is 12.5. The van der Waals surface area contributed by atoms with Crippen LogP contribution < -0.4 is 5.32 Å². The molecule has 1 fully saturated rings. The van der Waals surface area contributed by atoms with Gasteiger partial charge in [0, 0.05) is 11.1 Å². The number of fused-ring (bicyclic) bond motifs is 1. The molecule has 18 heavy (non-hydrogen) atoms. The SMILES string of the molecule is CCCNCc1nc2cc(Cl)ccc2n1C1CC1. The first-order valence-corrected chi connectivity index (χ1v) is 7.04. The number of rotatable bonds is 5. The van der Waals surface area contributed by atoms with Gasteiger partial charge < -0.3 is 9.88 Å². The van der Waals surface area contributed by atoms with Gasteiger partial charge in [-0.15, -0.1) is 0 Å². The van der Waals surface area contributed by atoms with Gasteiger partial charge in [-0.2, -0.15) is 0 Å². The Morgan fingerprint density at radius 1 is 1.44 bits per heavy atom. The van der Waals surface area contributed by atoms with E-state index < -0.39 is 0 Å².